The molecule has 0 aliphatic heterocycles. The highest BCUT2D eigenvalue weighted by molar-refractivity contribution is 7.13. The van der Waals surface area contributed by atoms with E-state index in [0.717, 1.165) is 17.4 Å². The number of Topliss-reactive ketones (excluding diaryl/α,β-unsaturated/α-hetero) is 1. The van der Waals surface area contributed by atoms with Gasteiger partial charge in [0, 0.05) is 10.9 Å². The number of hydrogen-bond acceptors (Lipinski definition) is 3. The van der Waals surface area contributed by atoms with Crippen LogP contribution in [0.5, 0.6) is 0 Å². The topological polar surface area (TPSA) is 30.0 Å². The van der Waals surface area contributed by atoms with Crippen molar-refractivity contribution in [3.8, 4) is 10.6 Å². The van der Waals surface area contributed by atoms with Gasteiger partial charge in [0.2, 0.25) is 0 Å². The molecule has 0 amide bonds. The third-order valence-electron chi connectivity index (χ3n) is 2.45. The number of aromatic nitrogens is 1. The number of nitrogens with zero attached hydrogens (tertiary/aromatic N) is 1. The molecule has 2 aromatic rings. The van der Waals surface area contributed by atoms with Gasteiger partial charge in [-0.25, -0.2) is 9.37 Å². The van der Waals surface area contributed by atoms with Gasteiger partial charge in [0.15, 0.2) is 5.78 Å². The highest BCUT2D eigenvalue weighted by Crippen LogP contribution is 2.36. The van der Waals surface area contributed by atoms with E-state index in [4.69, 9.17) is 11.6 Å². The minimum atomic E-state index is -4.79. The van der Waals surface area contributed by atoms with Crippen LogP contribution in [-0.2, 0) is 6.18 Å². The molecule has 106 valence electrons. The van der Waals surface area contributed by atoms with Gasteiger partial charge < -0.3 is 0 Å². The van der Waals surface area contributed by atoms with E-state index in [1.54, 1.807) is 0 Å². The maximum absolute atomic E-state index is 13.9. The van der Waals surface area contributed by atoms with E-state index >= 15 is 0 Å². The Kier molecular flexibility index (Phi) is 4.10. The van der Waals surface area contributed by atoms with Gasteiger partial charge in [-0.2, -0.15) is 13.2 Å². The van der Waals surface area contributed by atoms with E-state index in [9.17, 15) is 22.4 Å². The number of benzene rings is 1. The minimum Gasteiger partial charge on any atom is -0.291 e. The maximum Gasteiger partial charge on any atom is 0.419 e. The molecule has 0 radical (unpaired) electrons. The molecule has 0 spiro atoms. The Bertz CT molecular complexity index is 653. The van der Waals surface area contributed by atoms with Crippen molar-refractivity contribution in [3.05, 3.63) is 40.7 Å². The lowest BCUT2D eigenvalue weighted by Gasteiger charge is -2.09. The quantitative estimate of drug-likeness (QED) is 0.476. The van der Waals surface area contributed by atoms with Crippen molar-refractivity contribution in [2.24, 2.45) is 0 Å². The molecular weight excluding hydrogens is 318 g/mol. The Morgan fingerprint density at radius 1 is 1.35 bits per heavy atom. The largest absolute Gasteiger partial charge is 0.419 e. The zero-order valence-electron chi connectivity index (χ0n) is 9.67. The minimum absolute atomic E-state index is 0.00191. The normalized spacial score (nSPS) is 11.7. The van der Waals surface area contributed by atoms with Crippen molar-refractivity contribution in [1.82, 2.24) is 4.98 Å². The second-order valence-corrected chi connectivity index (χ2v) is 4.88. The predicted molar refractivity (Wildman–Crippen MR) is 67.6 cm³/mol. The van der Waals surface area contributed by atoms with E-state index in [-0.39, 0.29) is 22.1 Å². The zero-order chi connectivity index (χ0) is 14.9. The highest BCUT2D eigenvalue weighted by Gasteiger charge is 2.35. The number of thiazole rings is 1. The second-order valence-electron chi connectivity index (χ2n) is 3.76. The lowest BCUT2D eigenvalue weighted by Crippen LogP contribution is -2.08. The van der Waals surface area contributed by atoms with Crippen molar-refractivity contribution in [2.45, 2.75) is 6.18 Å². The van der Waals surface area contributed by atoms with Gasteiger partial charge in [-0.1, -0.05) is 6.07 Å². The summed E-state index contributed by atoms with van der Waals surface area (Å²) in [4.78, 5) is 15.1. The van der Waals surface area contributed by atoms with Crippen molar-refractivity contribution < 1.29 is 22.4 Å². The van der Waals surface area contributed by atoms with Crippen LogP contribution in [0.25, 0.3) is 10.6 Å². The van der Waals surface area contributed by atoms with Gasteiger partial charge in [-0.3, -0.25) is 4.79 Å². The fourth-order valence-electron chi connectivity index (χ4n) is 1.51. The van der Waals surface area contributed by atoms with Crippen LogP contribution in [0.3, 0.4) is 0 Å². The number of halogens is 5. The van der Waals surface area contributed by atoms with Crippen LogP contribution in [0.15, 0.2) is 23.6 Å². The third-order valence-corrected chi connectivity index (χ3v) is 3.56. The van der Waals surface area contributed by atoms with Crippen molar-refractivity contribution in [3.63, 3.8) is 0 Å². The zero-order valence-corrected chi connectivity index (χ0v) is 11.2. The summed E-state index contributed by atoms with van der Waals surface area (Å²) in [6.45, 7) is 0. The van der Waals surface area contributed by atoms with Gasteiger partial charge in [0.1, 0.15) is 16.5 Å². The summed E-state index contributed by atoms with van der Waals surface area (Å²) in [5, 5.41) is 1.33. The van der Waals surface area contributed by atoms with Crippen molar-refractivity contribution >= 4 is 28.7 Å². The first kappa shape index (κ1) is 14.9. The van der Waals surface area contributed by atoms with Crippen LogP contribution in [0.2, 0.25) is 0 Å². The molecule has 0 saturated carbocycles. The Hall–Kier alpha value is -1.47. The summed E-state index contributed by atoms with van der Waals surface area (Å²) in [7, 11) is 0. The number of alkyl halides is 4. The lowest BCUT2D eigenvalue weighted by molar-refractivity contribution is -0.139. The van der Waals surface area contributed by atoms with Crippen LogP contribution in [0.4, 0.5) is 17.6 Å². The fourth-order valence-corrected chi connectivity index (χ4v) is 2.49. The molecule has 0 N–H and O–H groups in total. The Balaban J connectivity index is 2.49. The Labute approximate surface area is 120 Å². The number of hydrogen-bond donors (Lipinski definition) is 0. The summed E-state index contributed by atoms with van der Waals surface area (Å²) in [5.74, 6) is -2.17. The number of rotatable bonds is 3. The van der Waals surface area contributed by atoms with E-state index < -0.39 is 23.3 Å². The van der Waals surface area contributed by atoms with E-state index in [1.165, 1.54) is 11.4 Å². The molecule has 20 heavy (non-hydrogen) atoms. The Morgan fingerprint density at radius 3 is 2.65 bits per heavy atom. The van der Waals surface area contributed by atoms with Crippen LogP contribution in [-0.4, -0.2) is 16.6 Å². The average molecular weight is 324 g/mol. The van der Waals surface area contributed by atoms with Gasteiger partial charge in [0.05, 0.1) is 11.4 Å². The third kappa shape index (κ3) is 2.83. The summed E-state index contributed by atoms with van der Waals surface area (Å²) < 4.78 is 51.7. The van der Waals surface area contributed by atoms with Crippen molar-refractivity contribution in [2.75, 3.05) is 5.88 Å². The molecule has 0 aliphatic rings. The molecule has 0 fully saturated rings. The first-order valence-electron chi connectivity index (χ1n) is 5.25. The van der Waals surface area contributed by atoms with E-state index in [0.29, 0.717) is 6.07 Å². The molecule has 0 saturated heterocycles. The second kappa shape index (κ2) is 5.49. The molecule has 0 bridgehead atoms. The number of ketones is 1. The van der Waals surface area contributed by atoms with Gasteiger partial charge >= 0.3 is 6.18 Å². The highest BCUT2D eigenvalue weighted by atomic mass is 35.5. The molecule has 0 unspecified atom stereocenters. The van der Waals surface area contributed by atoms with Gasteiger partial charge in [-0.05, 0) is 12.1 Å². The monoisotopic (exact) mass is 323 g/mol. The van der Waals surface area contributed by atoms with Crippen LogP contribution >= 0.6 is 22.9 Å². The number of carbonyl (C=O) groups excluding carboxylic acids is 1. The van der Waals surface area contributed by atoms with Crippen molar-refractivity contribution in [1.29, 1.82) is 0 Å². The predicted octanol–water partition coefficient (Wildman–Crippen LogP) is 4.39. The molecule has 1 aromatic carbocycles. The summed E-state index contributed by atoms with van der Waals surface area (Å²) in [6.07, 6.45) is -4.79. The molecule has 2 rings (SSSR count). The number of carbonyl (C=O) groups is 1. The van der Waals surface area contributed by atoms with Gasteiger partial charge in [0.25, 0.3) is 0 Å². The van der Waals surface area contributed by atoms with Crippen LogP contribution < -0.4 is 0 Å². The first-order valence-corrected chi connectivity index (χ1v) is 6.66. The molecule has 1 heterocycles. The standard InChI is InChI=1S/C12H6ClF4NOS/c13-4-9(19)8-5-20-11(18-8)6-2-1-3-7(10(6)14)12(15,16)17/h1-3,5H,4H2. The van der Waals surface area contributed by atoms with Gasteiger partial charge in [-0.15, -0.1) is 22.9 Å². The Morgan fingerprint density at radius 2 is 2.05 bits per heavy atom. The van der Waals surface area contributed by atoms with E-state index in [1.807, 2.05) is 0 Å². The summed E-state index contributed by atoms with van der Waals surface area (Å²) in [6, 6.07) is 2.92. The molecule has 0 aliphatic carbocycles. The lowest BCUT2D eigenvalue weighted by atomic mass is 10.1. The molecule has 8 heteroatoms. The SMILES string of the molecule is O=C(CCl)c1csc(-c2cccc(C(F)(F)F)c2F)n1. The first-order chi connectivity index (χ1) is 9.34. The summed E-state index contributed by atoms with van der Waals surface area (Å²) >= 11 is 6.23. The van der Waals surface area contributed by atoms with E-state index in [2.05, 4.69) is 4.98 Å². The smallest absolute Gasteiger partial charge is 0.291 e. The molecule has 1 aromatic heterocycles. The molecule has 2 nitrogen and oxygen atoms in total. The summed E-state index contributed by atoms with van der Waals surface area (Å²) in [5.41, 5.74) is -1.65. The van der Waals surface area contributed by atoms with Crippen LogP contribution in [0.1, 0.15) is 16.1 Å². The maximum atomic E-state index is 13.9. The van der Waals surface area contributed by atoms with Crippen LogP contribution in [0, 0.1) is 5.82 Å². The molecular formula is C12H6ClF4NOS. The molecule has 0 atom stereocenters. The fraction of sp³-hybridized carbons (Fsp3) is 0.167. The average Bonchev–Trinajstić information content (AvgIpc) is 2.86.